The fourth-order valence-corrected chi connectivity index (χ4v) is 1.29. The highest BCUT2D eigenvalue weighted by atomic mass is 35.5. The van der Waals surface area contributed by atoms with Crippen molar-refractivity contribution in [3.05, 3.63) is 23.9 Å². The van der Waals surface area contributed by atoms with Crippen LogP contribution in [0.25, 0.3) is 0 Å². The molecule has 2 N–H and O–H groups in total. The van der Waals surface area contributed by atoms with Crippen LogP contribution >= 0.6 is 11.6 Å². The number of primary amides is 1. The molecule has 1 aliphatic rings. The molecule has 5 nitrogen and oxygen atoms in total. The molecule has 0 saturated carbocycles. The average molecular weight is 230 g/mol. The van der Waals surface area contributed by atoms with Crippen LogP contribution in [0, 0.1) is 0 Å². The number of halogens is 1. The van der Waals surface area contributed by atoms with Gasteiger partial charge in [-0.25, -0.2) is 0 Å². The SMILES string of the molecule is CN(CN1CC=CC=C1C(N)=O)C(=O)Cl. The van der Waals surface area contributed by atoms with Crippen LogP contribution in [0.15, 0.2) is 23.9 Å². The predicted octanol–water partition coefficient (Wildman–Crippen LogP) is 0.476. The van der Waals surface area contributed by atoms with Gasteiger partial charge in [-0.05, 0) is 17.7 Å². The van der Waals surface area contributed by atoms with Gasteiger partial charge in [0.2, 0.25) is 0 Å². The van der Waals surface area contributed by atoms with Gasteiger partial charge in [0.05, 0.1) is 6.67 Å². The van der Waals surface area contributed by atoms with Crippen molar-refractivity contribution in [3.8, 4) is 0 Å². The molecule has 0 bridgehead atoms. The van der Waals surface area contributed by atoms with Crippen molar-refractivity contribution < 1.29 is 9.59 Å². The highest BCUT2D eigenvalue weighted by molar-refractivity contribution is 6.62. The van der Waals surface area contributed by atoms with Gasteiger partial charge in [-0.3, -0.25) is 9.59 Å². The van der Waals surface area contributed by atoms with E-state index in [9.17, 15) is 9.59 Å². The number of nitrogens with two attached hydrogens (primary N) is 1. The summed E-state index contributed by atoms with van der Waals surface area (Å²) in [5, 5.41) is -0.576. The van der Waals surface area contributed by atoms with Gasteiger partial charge in [0.15, 0.2) is 0 Å². The van der Waals surface area contributed by atoms with Crippen LogP contribution in [0.4, 0.5) is 4.79 Å². The number of rotatable bonds is 3. The zero-order valence-electron chi connectivity index (χ0n) is 8.31. The molecule has 0 atom stereocenters. The van der Waals surface area contributed by atoms with Crippen LogP contribution in [-0.4, -0.2) is 41.3 Å². The van der Waals surface area contributed by atoms with Gasteiger partial charge < -0.3 is 15.5 Å². The van der Waals surface area contributed by atoms with Gasteiger partial charge in [0, 0.05) is 13.6 Å². The first-order valence-electron chi connectivity index (χ1n) is 4.34. The highest BCUT2D eigenvalue weighted by Gasteiger charge is 2.18. The highest BCUT2D eigenvalue weighted by Crippen LogP contribution is 2.10. The Labute approximate surface area is 92.8 Å². The molecule has 0 aromatic rings. The maximum absolute atomic E-state index is 11.1. The van der Waals surface area contributed by atoms with Crippen LogP contribution < -0.4 is 5.73 Å². The number of hydrogen-bond acceptors (Lipinski definition) is 3. The van der Waals surface area contributed by atoms with Crippen LogP contribution in [0.3, 0.4) is 0 Å². The number of nitrogens with zero attached hydrogens (tertiary/aromatic N) is 2. The molecule has 0 radical (unpaired) electrons. The van der Waals surface area contributed by atoms with E-state index in [1.807, 2.05) is 6.08 Å². The molecular weight excluding hydrogens is 218 g/mol. The van der Waals surface area contributed by atoms with E-state index in [-0.39, 0.29) is 6.67 Å². The largest absolute Gasteiger partial charge is 0.364 e. The van der Waals surface area contributed by atoms with Crippen LogP contribution in [0.2, 0.25) is 0 Å². The Kier molecular flexibility index (Phi) is 3.74. The summed E-state index contributed by atoms with van der Waals surface area (Å²) in [6, 6.07) is 0. The zero-order chi connectivity index (χ0) is 11.4. The molecule has 1 rings (SSSR count). The number of hydrogen-bond donors (Lipinski definition) is 1. The lowest BCUT2D eigenvalue weighted by molar-refractivity contribution is -0.116. The first-order valence-corrected chi connectivity index (χ1v) is 4.72. The maximum atomic E-state index is 11.1. The topological polar surface area (TPSA) is 66.6 Å². The molecule has 2 amide bonds. The van der Waals surface area contributed by atoms with Crippen molar-refractivity contribution in [2.75, 3.05) is 20.3 Å². The van der Waals surface area contributed by atoms with Crippen molar-refractivity contribution >= 4 is 22.9 Å². The van der Waals surface area contributed by atoms with Gasteiger partial charge in [0.25, 0.3) is 5.91 Å². The number of amides is 2. The van der Waals surface area contributed by atoms with Gasteiger partial charge in [-0.15, -0.1) is 0 Å². The Bertz CT molecular complexity index is 338. The van der Waals surface area contributed by atoms with E-state index >= 15 is 0 Å². The Morgan fingerprint density at radius 3 is 2.87 bits per heavy atom. The van der Waals surface area contributed by atoms with Crippen molar-refractivity contribution in [1.29, 1.82) is 0 Å². The van der Waals surface area contributed by atoms with Crippen LogP contribution in [0.1, 0.15) is 0 Å². The second-order valence-electron chi connectivity index (χ2n) is 3.16. The quantitative estimate of drug-likeness (QED) is 0.565. The summed E-state index contributed by atoms with van der Waals surface area (Å²) in [4.78, 5) is 24.8. The molecule has 0 aliphatic carbocycles. The molecule has 0 saturated heterocycles. The Balaban J connectivity index is 2.70. The van der Waals surface area contributed by atoms with E-state index in [1.54, 1.807) is 24.1 Å². The number of allylic oxidation sites excluding steroid dienone is 2. The minimum absolute atomic E-state index is 0.238. The molecular formula is C9H12ClN3O2. The molecule has 15 heavy (non-hydrogen) atoms. The monoisotopic (exact) mass is 229 g/mol. The maximum Gasteiger partial charge on any atom is 0.317 e. The van der Waals surface area contributed by atoms with Gasteiger partial charge >= 0.3 is 5.37 Å². The summed E-state index contributed by atoms with van der Waals surface area (Å²) in [7, 11) is 1.55. The summed E-state index contributed by atoms with van der Waals surface area (Å²) < 4.78 is 0. The van der Waals surface area contributed by atoms with E-state index in [4.69, 9.17) is 17.3 Å². The van der Waals surface area contributed by atoms with E-state index in [2.05, 4.69) is 0 Å². The van der Waals surface area contributed by atoms with E-state index in [0.717, 1.165) is 0 Å². The smallest absolute Gasteiger partial charge is 0.317 e. The number of carbonyl (C=O) groups is 2. The molecule has 0 fully saturated rings. The van der Waals surface area contributed by atoms with E-state index in [1.165, 1.54) is 4.90 Å². The second kappa shape index (κ2) is 4.84. The normalized spacial score (nSPS) is 14.8. The number of carbonyl (C=O) groups excluding carboxylic acids is 2. The summed E-state index contributed by atoms with van der Waals surface area (Å²) >= 11 is 5.28. The lowest BCUT2D eigenvalue weighted by Gasteiger charge is -2.29. The molecule has 0 aromatic heterocycles. The third-order valence-corrected chi connectivity index (χ3v) is 2.28. The fraction of sp³-hybridized carbons (Fsp3) is 0.333. The minimum atomic E-state index is -0.576. The third kappa shape index (κ3) is 2.99. The van der Waals surface area contributed by atoms with Crippen molar-refractivity contribution in [3.63, 3.8) is 0 Å². The average Bonchev–Trinajstić information content (AvgIpc) is 2.18. The van der Waals surface area contributed by atoms with Gasteiger partial charge in [-0.1, -0.05) is 12.2 Å². The first-order chi connectivity index (χ1) is 7.02. The summed E-state index contributed by atoms with van der Waals surface area (Å²) in [6.07, 6.45) is 5.22. The molecule has 0 unspecified atom stereocenters. The fourth-order valence-electron chi connectivity index (χ4n) is 1.23. The Morgan fingerprint density at radius 1 is 1.67 bits per heavy atom. The molecule has 1 aliphatic heterocycles. The van der Waals surface area contributed by atoms with Gasteiger partial charge in [-0.2, -0.15) is 0 Å². The van der Waals surface area contributed by atoms with Crippen molar-refractivity contribution in [2.24, 2.45) is 5.73 Å². The van der Waals surface area contributed by atoms with E-state index < -0.39 is 11.3 Å². The summed E-state index contributed by atoms with van der Waals surface area (Å²) in [5.41, 5.74) is 5.57. The standard InChI is InChI=1S/C9H12ClN3O2/c1-12(9(10)15)6-13-5-3-2-4-7(13)8(11)14/h2-4H,5-6H2,1H3,(H2,11,14). The predicted molar refractivity (Wildman–Crippen MR) is 57.0 cm³/mol. The van der Waals surface area contributed by atoms with Crippen molar-refractivity contribution in [1.82, 2.24) is 9.80 Å². The molecule has 1 heterocycles. The van der Waals surface area contributed by atoms with Crippen molar-refractivity contribution in [2.45, 2.75) is 0 Å². The minimum Gasteiger partial charge on any atom is -0.364 e. The van der Waals surface area contributed by atoms with E-state index in [0.29, 0.717) is 12.2 Å². The van der Waals surface area contributed by atoms with Crippen LogP contribution in [0.5, 0.6) is 0 Å². The molecule has 82 valence electrons. The lowest BCUT2D eigenvalue weighted by Crippen LogP contribution is -2.40. The first kappa shape index (κ1) is 11.6. The zero-order valence-corrected chi connectivity index (χ0v) is 9.07. The summed E-state index contributed by atoms with van der Waals surface area (Å²) in [6.45, 7) is 0.769. The Hall–Kier alpha value is -1.49. The molecule has 6 heteroatoms. The third-order valence-electron chi connectivity index (χ3n) is 1.99. The summed E-state index contributed by atoms with van der Waals surface area (Å²) in [5.74, 6) is -0.519. The lowest BCUT2D eigenvalue weighted by atomic mass is 10.2. The Morgan fingerprint density at radius 2 is 2.33 bits per heavy atom. The van der Waals surface area contributed by atoms with Crippen LogP contribution in [-0.2, 0) is 4.79 Å². The van der Waals surface area contributed by atoms with Gasteiger partial charge in [0.1, 0.15) is 5.70 Å². The second-order valence-corrected chi connectivity index (χ2v) is 3.48. The molecule has 0 aromatic carbocycles. The molecule has 0 spiro atoms.